The number of nitrogens with zero attached hydrogens (tertiary/aromatic N) is 6. The second-order valence-electron chi connectivity index (χ2n) is 9.22. The van der Waals surface area contributed by atoms with Gasteiger partial charge in [0, 0.05) is 37.3 Å². The summed E-state index contributed by atoms with van der Waals surface area (Å²) in [5, 5.41) is 13.7. The van der Waals surface area contributed by atoms with Gasteiger partial charge in [0.2, 0.25) is 0 Å². The van der Waals surface area contributed by atoms with Crippen LogP contribution in [0.2, 0.25) is 0 Å². The Balaban J connectivity index is 1.47. The Morgan fingerprint density at radius 1 is 1.05 bits per heavy atom. The Bertz CT molecular complexity index is 1540. The molecule has 1 aliphatic rings. The lowest BCUT2D eigenvalue weighted by molar-refractivity contribution is -0.143. The van der Waals surface area contributed by atoms with Crippen LogP contribution in [0, 0.1) is 18.3 Å². The van der Waals surface area contributed by atoms with Gasteiger partial charge in [-0.3, -0.25) is 9.69 Å². The molecule has 0 spiro atoms. The zero-order chi connectivity index (χ0) is 27.7. The molecule has 0 aliphatic carbocycles. The van der Waals surface area contributed by atoms with E-state index in [9.17, 15) is 23.2 Å². The van der Waals surface area contributed by atoms with Crippen LogP contribution < -0.4 is 4.74 Å². The van der Waals surface area contributed by atoms with Crippen molar-refractivity contribution in [2.45, 2.75) is 19.1 Å². The first kappa shape index (κ1) is 26.2. The van der Waals surface area contributed by atoms with Crippen molar-refractivity contribution in [2.75, 3.05) is 33.3 Å². The number of ether oxygens (including phenoxy) is 1. The van der Waals surface area contributed by atoms with Crippen molar-refractivity contribution in [3.63, 3.8) is 0 Å². The largest absolute Gasteiger partial charge is 0.497 e. The van der Waals surface area contributed by atoms with Crippen LogP contribution in [0.4, 0.5) is 13.2 Å². The van der Waals surface area contributed by atoms with Crippen LogP contribution in [-0.2, 0) is 6.18 Å². The van der Waals surface area contributed by atoms with Gasteiger partial charge in [0.05, 0.1) is 25.1 Å². The molecule has 3 heterocycles. The van der Waals surface area contributed by atoms with E-state index in [2.05, 4.69) is 16.2 Å². The summed E-state index contributed by atoms with van der Waals surface area (Å²) >= 11 is 0. The smallest absolute Gasteiger partial charge is 0.433 e. The fourth-order valence-corrected chi connectivity index (χ4v) is 4.94. The van der Waals surface area contributed by atoms with Crippen LogP contribution in [0.25, 0.3) is 16.9 Å². The molecular weight excluding hydrogens is 509 g/mol. The number of rotatable bonds is 5. The second kappa shape index (κ2) is 10.4. The molecule has 0 unspecified atom stereocenters. The maximum Gasteiger partial charge on any atom is 0.433 e. The van der Waals surface area contributed by atoms with E-state index in [0.29, 0.717) is 42.0 Å². The lowest BCUT2D eigenvalue weighted by Crippen LogP contribution is -2.49. The Hall–Kier alpha value is -4.43. The zero-order valence-corrected chi connectivity index (χ0v) is 21.3. The third-order valence-corrected chi connectivity index (χ3v) is 6.95. The quantitative estimate of drug-likeness (QED) is 0.367. The minimum absolute atomic E-state index is 0.0106. The Morgan fingerprint density at radius 2 is 1.72 bits per heavy atom. The number of benzene rings is 2. The molecule has 0 radical (unpaired) electrons. The van der Waals surface area contributed by atoms with Crippen molar-refractivity contribution in [2.24, 2.45) is 0 Å². The lowest BCUT2D eigenvalue weighted by atomic mass is 10.0. The highest BCUT2D eigenvalue weighted by molar-refractivity contribution is 6.00. The number of halogens is 3. The average Bonchev–Trinajstić information content (AvgIpc) is 3.36. The van der Waals surface area contributed by atoms with Gasteiger partial charge in [-0.25, -0.2) is 9.50 Å². The fraction of sp³-hybridized carbons (Fsp3) is 0.286. The zero-order valence-electron chi connectivity index (χ0n) is 21.3. The summed E-state index contributed by atoms with van der Waals surface area (Å²) in [5.74, 6) is 0.0989. The Labute approximate surface area is 222 Å². The van der Waals surface area contributed by atoms with Crippen molar-refractivity contribution in [1.82, 2.24) is 24.4 Å². The van der Waals surface area contributed by atoms with Gasteiger partial charge < -0.3 is 9.64 Å². The van der Waals surface area contributed by atoms with E-state index in [1.165, 1.54) is 14.0 Å². The van der Waals surface area contributed by atoms with Gasteiger partial charge in [0.1, 0.15) is 17.4 Å². The van der Waals surface area contributed by atoms with E-state index in [1.54, 1.807) is 29.2 Å². The Kier molecular flexibility index (Phi) is 6.97. The molecule has 0 N–H and O–H groups in total. The number of carbonyl (C=O) groups is 1. The predicted molar refractivity (Wildman–Crippen MR) is 137 cm³/mol. The number of amides is 1. The van der Waals surface area contributed by atoms with E-state index < -0.39 is 23.8 Å². The van der Waals surface area contributed by atoms with E-state index >= 15 is 0 Å². The molecule has 1 atom stereocenters. The lowest BCUT2D eigenvalue weighted by Gasteiger charge is -2.36. The third kappa shape index (κ3) is 4.91. The van der Waals surface area contributed by atoms with Crippen molar-refractivity contribution >= 4 is 11.6 Å². The van der Waals surface area contributed by atoms with Crippen LogP contribution >= 0.6 is 0 Å². The maximum absolute atomic E-state index is 14.2. The highest BCUT2D eigenvalue weighted by atomic mass is 19.4. The number of hydrogen-bond acceptors (Lipinski definition) is 6. The molecule has 0 bridgehead atoms. The van der Waals surface area contributed by atoms with Crippen molar-refractivity contribution in [3.05, 3.63) is 83.2 Å². The highest BCUT2D eigenvalue weighted by Gasteiger charge is 2.39. The summed E-state index contributed by atoms with van der Waals surface area (Å²) < 4.78 is 48.5. The van der Waals surface area contributed by atoms with Crippen LogP contribution in [-0.4, -0.2) is 63.6 Å². The topological polar surface area (TPSA) is 86.8 Å². The summed E-state index contributed by atoms with van der Waals surface area (Å²) in [7, 11) is 1.50. The molecule has 1 amide bonds. The van der Waals surface area contributed by atoms with E-state index in [1.807, 2.05) is 35.2 Å². The van der Waals surface area contributed by atoms with Crippen molar-refractivity contribution < 1.29 is 22.7 Å². The van der Waals surface area contributed by atoms with Crippen LogP contribution in [0.3, 0.4) is 0 Å². The first-order chi connectivity index (χ1) is 18.7. The first-order valence-corrected chi connectivity index (χ1v) is 12.3. The molecule has 5 rings (SSSR count). The molecule has 11 heteroatoms. The molecule has 8 nitrogen and oxygen atoms in total. The van der Waals surface area contributed by atoms with Crippen molar-refractivity contribution in [3.8, 4) is 23.1 Å². The summed E-state index contributed by atoms with van der Waals surface area (Å²) in [6, 6.07) is 17.8. The number of aromatic nitrogens is 3. The predicted octanol–water partition coefficient (Wildman–Crippen LogP) is 4.75. The monoisotopic (exact) mass is 534 g/mol. The maximum atomic E-state index is 14.2. The second-order valence-corrected chi connectivity index (χ2v) is 9.22. The number of fused-ring (bicyclic) bond motifs is 1. The molecule has 39 heavy (non-hydrogen) atoms. The highest BCUT2D eigenvalue weighted by Crippen LogP contribution is 2.37. The summed E-state index contributed by atoms with van der Waals surface area (Å²) in [6.45, 7) is 2.84. The van der Waals surface area contributed by atoms with Crippen molar-refractivity contribution in [1.29, 1.82) is 5.26 Å². The molecule has 1 saturated heterocycles. The number of hydrogen-bond donors (Lipinski definition) is 0. The molecule has 200 valence electrons. The minimum Gasteiger partial charge on any atom is -0.497 e. The van der Waals surface area contributed by atoms with Gasteiger partial charge in [0.25, 0.3) is 5.91 Å². The molecular formula is C28H25F3N6O2. The van der Waals surface area contributed by atoms with Gasteiger partial charge in [-0.05, 0) is 36.8 Å². The third-order valence-electron chi connectivity index (χ3n) is 6.95. The van der Waals surface area contributed by atoms with Crippen LogP contribution in [0.5, 0.6) is 5.75 Å². The molecule has 2 aromatic carbocycles. The first-order valence-electron chi connectivity index (χ1n) is 12.3. The summed E-state index contributed by atoms with van der Waals surface area (Å²) in [5.41, 5.74) is 0.178. The molecule has 0 saturated carbocycles. The van der Waals surface area contributed by atoms with Gasteiger partial charge in [-0.1, -0.05) is 30.3 Å². The van der Waals surface area contributed by atoms with Crippen LogP contribution in [0.1, 0.15) is 33.2 Å². The minimum atomic E-state index is -4.73. The van der Waals surface area contributed by atoms with Crippen LogP contribution in [0.15, 0.2) is 60.8 Å². The van der Waals surface area contributed by atoms with E-state index in [-0.39, 0.29) is 22.5 Å². The fourth-order valence-electron chi connectivity index (χ4n) is 4.94. The summed E-state index contributed by atoms with van der Waals surface area (Å²) in [4.78, 5) is 21.6. The average molecular weight is 535 g/mol. The normalized spacial score (nSPS) is 15.2. The number of methoxy groups -OCH3 is 1. The van der Waals surface area contributed by atoms with Gasteiger partial charge in [-0.2, -0.15) is 23.5 Å². The van der Waals surface area contributed by atoms with Gasteiger partial charge in [-0.15, -0.1) is 0 Å². The number of nitriles is 1. The van der Waals surface area contributed by atoms with E-state index in [0.717, 1.165) is 11.8 Å². The molecule has 1 aliphatic heterocycles. The molecule has 1 fully saturated rings. The standard InChI is InChI=1S/C28H25F3N6O2/c1-18-24(20-8-10-21(39-2)11-9-20)34-26-22(17-33-37(26)25(18)28(29,30)31)27(38)36-14-12-35(13-15-36)23(16-32)19-6-4-3-5-7-19/h3-11,17,23H,12-15H2,1-2H3/t23-/m0/s1. The summed E-state index contributed by atoms with van der Waals surface area (Å²) in [6.07, 6.45) is -3.58. The van der Waals surface area contributed by atoms with Gasteiger partial charge >= 0.3 is 6.18 Å². The number of carbonyl (C=O) groups excluding carboxylic acids is 1. The SMILES string of the molecule is COc1ccc(-c2nc3c(C(=O)N4CCN([C@@H](C#N)c5ccccc5)CC4)cnn3c(C(F)(F)F)c2C)cc1. The molecule has 4 aromatic rings. The van der Waals surface area contributed by atoms with Gasteiger partial charge in [0.15, 0.2) is 11.3 Å². The number of piperazine rings is 1. The Morgan fingerprint density at radius 3 is 2.31 bits per heavy atom. The number of alkyl halides is 3. The van der Waals surface area contributed by atoms with E-state index in [4.69, 9.17) is 4.74 Å². The molecule has 2 aromatic heterocycles.